The second-order valence-corrected chi connectivity index (χ2v) is 4.19. The van der Waals surface area contributed by atoms with Crippen molar-refractivity contribution in [2.45, 2.75) is 0 Å². The topological polar surface area (TPSA) is 28.9 Å². The lowest BCUT2D eigenvalue weighted by Crippen LogP contribution is -1.76. The van der Waals surface area contributed by atoms with E-state index in [9.17, 15) is 0 Å². The number of aromatic nitrogens is 1. The summed E-state index contributed by atoms with van der Waals surface area (Å²) in [6.45, 7) is 0. The lowest BCUT2D eigenvalue weighted by atomic mass is 10.2. The van der Waals surface area contributed by atoms with Gasteiger partial charge in [0.1, 0.15) is 6.26 Å². The molecular formula is C9H6INOS. The van der Waals surface area contributed by atoms with Crippen molar-refractivity contribution < 1.29 is 4.42 Å². The number of rotatable bonds is 1. The van der Waals surface area contributed by atoms with E-state index in [1.807, 2.05) is 24.3 Å². The maximum Gasteiger partial charge on any atom is 0.266 e. The highest BCUT2D eigenvalue weighted by molar-refractivity contribution is 14.1. The molecule has 0 radical (unpaired) electrons. The molecule has 0 atom stereocenters. The van der Waals surface area contributed by atoms with E-state index in [0.717, 1.165) is 11.3 Å². The molecular weight excluding hydrogens is 297 g/mol. The van der Waals surface area contributed by atoms with Crippen LogP contribution >= 0.6 is 34.8 Å². The second-order valence-electron chi connectivity index (χ2n) is 2.57. The van der Waals surface area contributed by atoms with Crippen molar-refractivity contribution >= 4 is 34.8 Å². The van der Waals surface area contributed by atoms with Gasteiger partial charge in [-0.25, -0.2) is 0 Å². The summed E-state index contributed by atoms with van der Waals surface area (Å²) in [5, 5.41) is 0. The van der Waals surface area contributed by atoms with E-state index in [-0.39, 0.29) is 0 Å². The zero-order valence-corrected chi connectivity index (χ0v) is 9.56. The molecule has 13 heavy (non-hydrogen) atoms. The average molecular weight is 303 g/mol. The van der Waals surface area contributed by atoms with Gasteiger partial charge in [-0.3, -0.25) is 0 Å². The third kappa shape index (κ3) is 2.00. The first-order valence-electron chi connectivity index (χ1n) is 3.69. The van der Waals surface area contributed by atoms with Gasteiger partial charge in [0.05, 0.1) is 5.69 Å². The van der Waals surface area contributed by atoms with E-state index < -0.39 is 0 Å². The number of aromatic amines is 1. The van der Waals surface area contributed by atoms with Gasteiger partial charge < -0.3 is 9.40 Å². The molecule has 0 unspecified atom stereocenters. The molecule has 2 nitrogen and oxygen atoms in total. The Bertz CT molecular complexity index is 457. The van der Waals surface area contributed by atoms with Crippen LogP contribution in [-0.4, -0.2) is 4.98 Å². The standard InChI is InChI=1S/C9H6INOS/c10-7-3-1-6(2-4-7)8-5-12-9(13)11-8/h1-5H,(H,11,13). The summed E-state index contributed by atoms with van der Waals surface area (Å²) in [6.07, 6.45) is 1.63. The third-order valence-corrected chi connectivity index (χ3v) is 2.59. The number of hydrogen-bond acceptors (Lipinski definition) is 2. The quantitative estimate of drug-likeness (QED) is 0.644. The summed E-state index contributed by atoms with van der Waals surface area (Å²) in [6, 6.07) is 8.13. The normalized spacial score (nSPS) is 10.2. The van der Waals surface area contributed by atoms with Crippen LogP contribution in [0.15, 0.2) is 34.9 Å². The van der Waals surface area contributed by atoms with Crippen LogP contribution in [0, 0.1) is 8.41 Å². The van der Waals surface area contributed by atoms with Gasteiger partial charge >= 0.3 is 0 Å². The highest BCUT2D eigenvalue weighted by atomic mass is 127. The van der Waals surface area contributed by atoms with Crippen molar-refractivity contribution in [3.8, 4) is 11.3 Å². The van der Waals surface area contributed by atoms with Gasteiger partial charge in [-0.05, 0) is 46.9 Å². The van der Waals surface area contributed by atoms with Gasteiger partial charge in [0.25, 0.3) is 4.84 Å². The summed E-state index contributed by atoms with van der Waals surface area (Å²) < 4.78 is 6.22. The molecule has 0 amide bonds. The predicted molar refractivity (Wildman–Crippen MR) is 62.0 cm³/mol. The van der Waals surface area contributed by atoms with E-state index in [0.29, 0.717) is 4.84 Å². The Kier molecular flexibility index (Phi) is 2.50. The molecule has 0 fully saturated rings. The summed E-state index contributed by atoms with van der Waals surface area (Å²) in [7, 11) is 0. The molecule has 4 heteroatoms. The Balaban J connectivity index is 2.47. The first-order chi connectivity index (χ1) is 6.25. The Labute approximate surface area is 94.1 Å². The van der Waals surface area contributed by atoms with Gasteiger partial charge in [-0.15, -0.1) is 0 Å². The second kappa shape index (κ2) is 3.63. The maximum atomic E-state index is 5.01. The van der Waals surface area contributed by atoms with Crippen LogP contribution in [0.25, 0.3) is 11.3 Å². The van der Waals surface area contributed by atoms with Crippen molar-refractivity contribution in [1.82, 2.24) is 4.98 Å². The van der Waals surface area contributed by atoms with Gasteiger partial charge in [-0.1, -0.05) is 12.1 Å². The molecule has 0 aliphatic carbocycles. The monoisotopic (exact) mass is 303 g/mol. The number of H-pyrrole nitrogens is 1. The van der Waals surface area contributed by atoms with E-state index in [1.54, 1.807) is 6.26 Å². The van der Waals surface area contributed by atoms with E-state index in [1.165, 1.54) is 3.57 Å². The zero-order chi connectivity index (χ0) is 9.26. The molecule has 66 valence electrons. The van der Waals surface area contributed by atoms with Crippen LogP contribution in [0.1, 0.15) is 0 Å². The van der Waals surface area contributed by atoms with Crippen molar-refractivity contribution in [3.63, 3.8) is 0 Å². The Morgan fingerprint density at radius 3 is 2.46 bits per heavy atom. The molecule has 0 saturated carbocycles. The Morgan fingerprint density at radius 2 is 1.92 bits per heavy atom. The predicted octanol–water partition coefficient (Wildman–Crippen LogP) is 3.61. The van der Waals surface area contributed by atoms with Crippen molar-refractivity contribution in [3.05, 3.63) is 38.9 Å². The summed E-state index contributed by atoms with van der Waals surface area (Å²) in [5.41, 5.74) is 2.00. The van der Waals surface area contributed by atoms with Crippen LogP contribution in [0.2, 0.25) is 0 Å². The number of oxazole rings is 1. The highest BCUT2D eigenvalue weighted by Crippen LogP contribution is 2.18. The molecule has 0 aliphatic rings. The molecule has 1 aromatic heterocycles. The fourth-order valence-corrected chi connectivity index (χ4v) is 1.57. The molecule has 1 N–H and O–H groups in total. The Hall–Kier alpha value is -0.620. The van der Waals surface area contributed by atoms with E-state index in [4.69, 9.17) is 16.6 Å². The summed E-state index contributed by atoms with van der Waals surface area (Å²) in [5.74, 6) is 0. The van der Waals surface area contributed by atoms with Crippen LogP contribution < -0.4 is 0 Å². The highest BCUT2D eigenvalue weighted by Gasteiger charge is 1.98. The fraction of sp³-hybridized carbons (Fsp3) is 0. The number of hydrogen-bond donors (Lipinski definition) is 1. The zero-order valence-electron chi connectivity index (χ0n) is 6.58. The minimum absolute atomic E-state index is 0.411. The van der Waals surface area contributed by atoms with Crippen molar-refractivity contribution in [2.24, 2.45) is 0 Å². The largest absolute Gasteiger partial charge is 0.437 e. The lowest BCUT2D eigenvalue weighted by Gasteiger charge is -1.95. The average Bonchev–Trinajstić information content (AvgIpc) is 2.53. The van der Waals surface area contributed by atoms with Crippen molar-refractivity contribution in [2.75, 3.05) is 0 Å². The molecule has 1 heterocycles. The van der Waals surface area contributed by atoms with Gasteiger partial charge in [0.2, 0.25) is 0 Å². The molecule has 0 aliphatic heterocycles. The van der Waals surface area contributed by atoms with Gasteiger partial charge in [-0.2, -0.15) is 0 Å². The van der Waals surface area contributed by atoms with Crippen LogP contribution in [0.5, 0.6) is 0 Å². The Morgan fingerprint density at radius 1 is 1.23 bits per heavy atom. The van der Waals surface area contributed by atoms with Gasteiger partial charge in [0, 0.05) is 9.13 Å². The SMILES string of the molecule is S=c1[nH]c(-c2ccc(I)cc2)co1. The minimum atomic E-state index is 0.411. The van der Waals surface area contributed by atoms with Crippen LogP contribution in [-0.2, 0) is 0 Å². The summed E-state index contributed by atoms with van der Waals surface area (Å²) in [4.78, 5) is 3.37. The first kappa shape index (κ1) is 8.96. The van der Waals surface area contributed by atoms with E-state index in [2.05, 4.69) is 27.6 Å². The lowest BCUT2D eigenvalue weighted by molar-refractivity contribution is 0.541. The van der Waals surface area contributed by atoms with Crippen molar-refractivity contribution in [1.29, 1.82) is 0 Å². The molecule has 2 aromatic rings. The number of nitrogens with one attached hydrogen (secondary N) is 1. The van der Waals surface area contributed by atoms with E-state index >= 15 is 0 Å². The van der Waals surface area contributed by atoms with Crippen LogP contribution in [0.3, 0.4) is 0 Å². The molecule has 1 aromatic carbocycles. The molecule has 2 rings (SSSR count). The molecule has 0 saturated heterocycles. The minimum Gasteiger partial charge on any atom is -0.437 e. The van der Waals surface area contributed by atoms with Crippen LogP contribution in [0.4, 0.5) is 0 Å². The maximum absolute atomic E-state index is 5.01. The number of halogens is 1. The summed E-state index contributed by atoms with van der Waals surface area (Å²) >= 11 is 7.10. The number of benzene rings is 1. The smallest absolute Gasteiger partial charge is 0.266 e. The third-order valence-electron chi connectivity index (χ3n) is 1.68. The molecule has 0 bridgehead atoms. The molecule has 0 spiro atoms. The van der Waals surface area contributed by atoms with Gasteiger partial charge in [0.15, 0.2) is 0 Å². The fourth-order valence-electron chi connectivity index (χ4n) is 1.05. The first-order valence-corrected chi connectivity index (χ1v) is 5.18.